The van der Waals surface area contributed by atoms with Gasteiger partial charge in [0.25, 0.3) is 0 Å². The van der Waals surface area contributed by atoms with E-state index in [9.17, 15) is 9.59 Å². The summed E-state index contributed by atoms with van der Waals surface area (Å²) in [5.41, 5.74) is 6.04. The molecule has 0 unspecified atom stereocenters. The van der Waals surface area contributed by atoms with Gasteiger partial charge in [-0.2, -0.15) is 0 Å². The van der Waals surface area contributed by atoms with Gasteiger partial charge in [0, 0.05) is 16.6 Å². The van der Waals surface area contributed by atoms with E-state index in [1.165, 1.54) is 11.0 Å². The summed E-state index contributed by atoms with van der Waals surface area (Å²) < 4.78 is 0.907. The van der Waals surface area contributed by atoms with Crippen molar-refractivity contribution in [2.24, 2.45) is 5.73 Å². The second-order valence-corrected chi connectivity index (χ2v) is 5.24. The Labute approximate surface area is 121 Å². The van der Waals surface area contributed by atoms with Gasteiger partial charge in [0.05, 0.1) is 6.54 Å². The Balaban J connectivity index is 2.82. The van der Waals surface area contributed by atoms with Crippen molar-refractivity contribution in [1.29, 1.82) is 0 Å². The van der Waals surface area contributed by atoms with Crippen molar-refractivity contribution in [2.75, 3.05) is 6.54 Å². The van der Waals surface area contributed by atoms with E-state index in [0.29, 0.717) is 0 Å². The van der Waals surface area contributed by atoms with E-state index in [1.54, 1.807) is 6.08 Å². The van der Waals surface area contributed by atoms with Crippen LogP contribution < -0.4 is 5.73 Å². The molecule has 0 heterocycles. The van der Waals surface area contributed by atoms with E-state index in [0.717, 1.165) is 10.0 Å². The van der Waals surface area contributed by atoms with Crippen LogP contribution in [-0.2, 0) is 9.59 Å². The first-order chi connectivity index (χ1) is 8.91. The van der Waals surface area contributed by atoms with Crippen LogP contribution in [0, 0.1) is 0 Å². The Morgan fingerprint density at radius 2 is 2.00 bits per heavy atom. The summed E-state index contributed by atoms with van der Waals surface area (Å²) in [6.45, 7) is 3.61. The maximum Gasteiger partial charge on any atom is 0.247 e. The molecular formula is C14H17BrN2O2. The lowest BCUT2D eigenvalue weighted by atomic mass is 10.2. The number of hydrogen-bond donors (Lipinski definition) is 1. The molecule has 0 radical (unpaired) electrons. The first-order valence-corrected chi connectivity index (χ1v) is 6.72. The minimum Gasteiger partial charge on any atom is -0.368 e. The summed E-state index contributed by atoms with van der Waals surface area (Å²) in [5, 5.41) is 0. The third kappa shape index (κ3) is 4.87. The fraction of sp³-hybridized carbons (Fsp3) is 0.286. The number of nitrogens with zero attached hydrogens (tertiary/aromatic N) is 1. The summed E-state index contributed by atoms with van der Waals surface area (Å²) in [6, 6.07) is 7.49. The molecule has 0 aliphatic rings. The number of carbonyl (C=O) groups excluding carboxylic acids is 2. The quantitative estimate of drug-likeness (QED) is 0.844. The molecule has 0 aliphatic carbocycles. The summed E-state index contributed by atoms with van der Waals surface area (Å²) in [5.74, 6) is -0.749. The zero-order valence-corrected chi connectivity index (χ0v) is 12.6. The van der Waals surface area contributed by atoms with Crippen LogP contribution in [0.15, 0.2) is 34.8 Å². The molecule has 4 nitrogen and oxygen atoms in total. The van der Waals surface area contributed by atoms with Crippen molar-refractivity contribution in [3.63, 3.8) is 0 Å². The molecule has 2 amide bonds. The number of halogens is 1. The van der Waals surface area contributed by atoms with Crippen LogP contribution >= 0.6 is 15.9 Å². The topological polar surface area (TPSA) is 63.4 Å². The van der Waals surface area contributed by atoms with Gasteiger partial charge < -0.3 is 10.6 Å². The van der Waals surface area contributed by atoms with Crippen LogP contribution in [0.1, 0.15) is 19.4 Å². The molecule has 1 aromatic carbocycles. The van der Waals surface area contributed by atoms with Gasteiger partial charge in [0.15, 0.2) is 0 Å². The zero-order chi connectivity index (χ0) is 14.4. The number of primary amides is 1. The van der Waals surface area contributed by atoms with Gasteiger partial charge in [-0.25, -0.2) is 0 Å². The minimum absolute atomic E-state index is 0.0726. The molecule has 0 spiro atoms. The summed E-state index contributed by atoms with van der Waals surface area (Å²) in [7, 11) is 0. The smallest absolute Gasteiger partial charge is 0.247 e. The van der Waals surface area contributed by atoms with E-state index >= 15 is 0 Å². The fourth-order valence-corrected chi connectivity index (χ4v) is 1.97. The number of nitrogens with two attached hydrogens (primary N) is 1. The number of amides is 2. The van der Waals surface area contributed by atoms with Crippen LogP contribution in [-0.4, -0.2) is 29.3 Å². The molecule has 19 heavy (non-hydrogen) atoms. The molecule has 0 saturated carbocycles. The van der Waals surface area contributed by atoms with Crippen LogP contribution in [0.3, 0.4) is 0 Å². The number of benzene rings is 1. The van der Waals surface area contributed by atoms with E-state index < -0.39 is 5.91 Å². The third-order valence-corrected chi connectivity index (χ3v) is 3.27. The van der Waals surface area contributed by atoms with Crippen LogP contribution in [0.2, 0.25) is 0 Å². The predicted molar refractivity (Wildman–Crippen MR) is 79.2 cm³/mol. The van der Waals surface area contributed by atoms with Gasteiger partial charge in [-0.15, -0.1) is 0 Å². The lowest BCUT2D eigenvalue weighted by Gasteiger charge is -2.23. The fourth-order valence-electron chi connectivity index (χ4n) is 1.55. The van der Waals surface area contributed by atoms with Crippen molar-refractivity contribution in [1.82, 2.24) is 4.90 Å². The van der Waals surface area contributed by atoms with Crippen LogP contribution in [0.5, 0.6) is 0 Å². The summed E-state index contributed by atoms with van der Waals surface area (Å²) in [6.07, 6.45) is 3.16. The Kier molecular flexibility index (Phi) is 5.76. The van der Waals surface area contributed by atoms with Crippen molar-refractivity contribution in [2.45, 2.75) is 19.9 Å². The molecule has 102 valence electrons. The lowest BCUT2D eigenvalue weighted by molar-refractivity contribution is -0.132. The maximum atomic E-state index is 12.0. The van der Waals surface area contributed by atoms with E-state index in [4.69, 9.17) is 5.73 Å². The Hall–Kier alpha value is -1.62. The first kappa shape index (κ1) is 15.4. The normalized spacial score (nSPS) is 10.9. The SMILES string of the molecule is CC(C)N(CC(N)=O)C(=O)C=Cc1ccccc1Br. The Morgan fingerprint density at radius 1 is 1.37 bits per heavy atom. The summed E-state index contributed by atoms with van der Waals surface area (Å²) >= 11 is 3.40. The second-order valence-electron chi connectivity index (χ2n) is 4.38. The highest BCUT2D eigenvalue weighted by Gasteiger charge is 2.16. The van der Waals surface area contributed by atoms with Gasteiger partial charge >= 0.3 is 0 Å². The number of hydrogen-bond acceptors (Lipinski definition) is 2. The molecule has 0 bridgehead atoms. The van der Waals surface area contributed by atoms with Gasteiger partial charge in [0.2, 0.25) is 11.8 Å². The van der Waals surface area contributed by atoms with Gasteiger partial charge in [-0.1, -0.05) is 34.1 Å². The average molecular weight is 325 g/mol. The standard InChI is InChI=1S/C14H17BrN2O2/c1-10(2)17(9-13(16)18)14(19)8-7-11-5-3-4-6-12(11)15/h3-8,10H,9H2,1-2H3,(H2,16,18). The lowest BCUT2D eigenvalue weighted by Crippen LogP contribution is -2.41. The third-order valence-electron chi connectivity index (χ3n) is 2.54. The molecule has 0 atom stereocenters. The molecule has 0 fully saturated rings. The molecule has 1 aromatic rings. The first-order valence-electron chi connectivity index (χ1n) is 5.93. The van der Waals surface area contributed by atoms with Gasteiger partial charge in [-0.3, -0.25) is 9.59 Å². The minimum atomic E-state index is -0.517. The molecule has 2 N–H and O–H groups in total. The van der Waals surface area contributed by atoms with Gasteiger partial charge in [0.1, 0.15) is 0 Å². The Morgan fingerprint density at radius 3 is 2.53 bits per heavy atom. The molecule has 0 aromatic heterocycles. The van der Waals surface area contributed by atoms with Crippen LogP contribution in [0.25, 0.3) is 6.08 Å². The molecule has 0 saturated heterocycles. The van der Waals surface area contributed by atoms with E-state index in [-0.39, 0.29) is 18.5 Å². The second kappa shape index (κ2) is 7.09. The van der Waals surface area contributed by atoms with Crippen molar-refractivity contribution < 1.29 is 9.59 Å². The highest BCUT2D eigenvalue weighted by molar-refractivity contribution is 9.10. The Bertz CT molecular complexity index is 498. The monoisotopic (exact) mass is 324 g/mol. The largest absolute Gasteiger partial charge is 0.368 e. The van der Waals surface area contributed by atoms with Crippen molar-refractivity contribution in [3.05, 3.63) is 40.4 Å². The maximum absolute atomic E-state index is 12.0. The molecule has 1 rings (SSSR count). The van der Waals surface area contributed by atoms with E-state index in [1.807, 2.05) is 38.1 Å². The van der Waals surface area contributed by atoms with Crippen LogP contribution in [0.4, 0.5) is 0 Å². The molecule has 0 aliphatic heterocycles. The highest BCUT2D eigenvalue weighted by Crippen LogP contribution is 2.17. The molecule has 5 heteroatoms. The number of carbonyl (C=O) groups is 2. The number of rotatable bonds is 5. The van der Waals surface area contributed by atoms with Gasteiger partial charge in [-0.05, 0) is 31.6 Å². The summed E-state index contributed by atoms with van der Waals surface area (Å²) in [4.78, 5) is 24.4. The highest BCUT2D eigenvalue weighted by atomic mass is 79.9. The molecular weight excluding hydrogens is 308 g/mol. The average Bonchev–Trinajstić information content (AvgIpc) is 2.34. The zero-order valence-electron chi connectivity index (χ0n) is 11.0. The van der Waals surface area contributed by atoms with Crippen molar-refractivity contribution in [3.8, 4) is 0 Å². The van der Waals surface area contributed by atoms with E-state index in [2.05, 4.69) is 15.9 Å². The van der Waals surface area contributed by atoms with Crippen molar-refractivity contribution >= 4 is 33.8 Å². The predicted octanol–water partition coefficient (Wildman–Crippen LogP) is 2.18.